The third kappa shape index (κ3) is 3.76. The van der Waals surface area contributed by atoms with Gasteiger partial charge in [0.25, 0.3) is 0 Å². The number of aryl methyl sites for hydroxylation is 1. The molecule has 2 heteroatoms. The van der Waals surface area contributed by atoms with Gasteiger partial charge in [0, 0.05) is 12.0 Å². The van der Waals surface area contributed by atoms with Crippen LogP contribution in [0.3, 0.4) is 0 Å². The van der Waals surface area contributed by atoms with Crippen molar-refractivity contribution < 1.29 is 9.84 Å². The number of benzene rings is 1. The summed E-state index contributed by atoms with van der Waals surface area (Å²) in [5, 5.41) is 10.4. The Hall–Kier alpha value is -1.02. The van der Waals surface area contributed by atoms with E-state index in [0.29, 0.717) is 6.42 Å². The third-order valence-electron chi connectivity index (χ3n) is 4.31. The molecule has 1 aliphatic heterocycles. The minimum atomic E-state index is -0.390. The highest BCUT2D eigenvalue weighted by atomic mass is 16.5. The molecule has 2 rings (SSSR count). The number of aliphatic hydroxyl groups excluding tert-OH is 1. The van der Waals surface area contributed by atoms with Crippen molar-refractivity contribution in [1.82, 2.24) is 0 Å². The molecule has 2 atom stereocenters. The summed E-state index contributed by atoms with van der Waals surface area (Å²) in [6.45, 7) is 6.42. The van der Waals surface area contributed by atoms with Gasteiger partial charge in [-0.05, 0) is 38.8 Å². The molecule has 2 nitrogen and oxygen atoms in total. The normalized spacial score (nSPS) is 25.1. The van der Waals surface area contributed by atoms with Crippen molar-refractivity contribution in [3.8, 4) is 5.75 Å². The fourth-order valence-electron chi connectivity index (χ4n) is 3.10. The third-order valence-corrected chi connectivity index (χ3v) is 4.31. The van der Waals surface area contributed by atoms with E-state index in [-0.39, 0.29) is 11.7 Å². The van der Waals surface area contributed by atoms with E-state index in [9.17, 15) is 5.11 Å². The van der Waals surface area contributed by atoms with Gasteiger partial charge in [-0.1, -0.05) is 44.2 Å². The molecule has 0 amide bonds. The van der Waals surface area contributed by atoms with Crippen LogP contribution in [-0.4, -0.2) is 10.7 Å². The molecule has 1 aliphatic rings. The smallest absolute Gasteiger partial charge is 0.125 e. The number of hydrogen-bond donors (Lipinski definition) is 1. The van der Waals surface area contributed by atoms with Crippen LogP contribution in [0, 0.1) is 6.92 Å². The van der Waals surface area contributed by atoms with Gasteiger partial charge in [0.1, 0.15) is 11.4 Å². The second kappa shape index (κ2) is 6.62. The molecule has 0 aliphatic carbocycles. The van der Waals surface area contributed by atoms with Gasteiger partial charge < -0.3 is 9.84 Å². The average molecular weight is 276 g/mol. The van der Waals surface area contributed by atoms with Gasteiger partial charge in [-0.2, -0.15) is 0 Å². The summed E-state index contributed by atoms with van der Waals surface area (Å²) in [4.78, 5) is 0. The van der Waals surface area contributed by atoms with Crippen LogP contribution in [0.1, 0.15) is 76.0 Å². The molecule has 0 aromatic heterocycles. The van der Waals surface area contributed by atoms with Gasteiger partial charge in [0.05, 0.1) is 6.10 Å². The van der Waals surface area contributed by atoms with Gasteiger partial charge in [-0.15, -0.1) is 0 Å². The van der Waals surface area contributed by atoms with Crippen LogP contribution < -0.4 is 4.74 Å². The number of unbranched alkanes of at least 4 members (excludes halogenated alkanes) is 4. The van der Waals surface area contributed by atoms with E-state index in [0.717, 1.165) is 17.7 Å². The lowest BCUT2D eigenvalue weighted by atomic mass is 9.86. The summed E-state index contributed by atoms with van der Waals surface area (Å²) in [6.07, 6.45) is 7.71. The Balaban J connectivity index is 1.96. The average Bonchev–Trinajstić information content (AvgIpc) is 2.39. The molecule has 0 fully saturated rings. The van der Waals surface area contributed by atoms with E-state index in [4.69, 9.17) is 4.74 Å². The molecule has 2 unspecified atom stereocenters. The fraction of sp³-hybridized carbons (Fsp3) is 0.667. The number of aliphatic hydroxyl groups is 1. The van der Waals surface area contributed by atoms with Crippen LogP contribution in [0.5, 0.6) is 5.75 Å². The minimum absolute atomic E-state index is 0.214. The molecule has 0 saturated carbocycles. The lowest BCUT2D eigenvalue weighted by Crippen LogP contribution is -2.38. The Kier molecular flexibility index (Phi) is 5.09. The maximum atomic E-state index is 10.4. The van der Waals surface area contributed by atoms with Crippen molar-refractivity contribution in [1.29, 1.82) is 0 Å². The molecule has 20 heavy (non-hydrogen) atoms. The summed E-state index contributed by atoms with van der Waals surface area (Å²) >= 11 is 0. The highest BCUT2D eigenvalue weighted by Gasteiger charge is 2.35. The zero-order chi connectivity index (χ0) is 14.6. The molecule has 1 aromatic carbocycles. The summed E-state index contributed by atoms with van der Waals surface area (Å²) in [6, 6.07) is 6.10. The van der Waals surface area contributed by atoms with Crippen molar-refractivity contribution >= 4 is 0 Å². The SMILES string of the molecule is CCCCCCCC1(C)CC(O)c2cc(C)ccc2O1. The van der Waals surface area contributed by atoms with Gasteiger partial charge in [0.2, 0.25) is 0 Å². The molecular weight excluding hydrogens is 248 g/mol. The first kappa shape index (κ1) is 15.4. The maximum absolute atomic E-state index is 10.4. The summed E-state index contributed by atoms with van der Waals surface area (Å²) in [5.41, 5.74) is 1.91. The highest BCUT2D eigenvalue weighted by molar-refractivity contribution is 5.40. The monoisotopic (exact) mass is 276 g/mol. The molecule has 0 saturated heterocycles. The Labute approximate surface area is 123 Å². The maximum Gasteiger partial charge on any atom is 0.125 e. The van der Waals surface area contributed by atoms with E-state index in [1.165, 1.54) is 37.7 Å². The van der Waals surface area contributed by atoms with Gasteiger partial charge in [-0.3, -0.25) is 0 Å². The molecule has 1 heterocycles. The topological polar surface area (TPSA) is 29.5 Å². The van der Waals surface area contributed by atoms with Crippen LogP contribution in [0.25, 0.3) is 0 Å². The zero-order valence-corrected chi connectivity index (χ0v) is 13.1. The molecule has 0 spiro atoms. The van der Waals surface area contributed by atoms with Crippen LogP contribution in [0.2, 0.25) is 0 Å². The molecule has 1 aromatic rings. The molecule has 0 radical (unpaired) electrons. The highest BCUT2D eigenvalue weighted by Crippen LogP contribution is 2.42. The van der Waals surface area contributed by atoms with E-state index in [1.807, 2.05) is 12.1 Å². The van der Waals surface area contributed by atoms with Crippen LogP contribution in [0.15, 0.2) is 18.2 Å². The first-order valence-corrected chi connectivity index (χ1v) is 8.02. The van der Waals surface area contributed by atoms with Crippen molar-refractivity contribution in [2.75, 3.05) is 0 Å². The van der Waals surface area contributed by atoms with E-state index < -0.39 is 0 Å². The lowest BCUT2D eigenvalue weighted by molar-refractivity contribution is -0.00853. The number of fused-ring (bicyclic) bond motifs is 1. The largest absolute Gasteiger partial charge is 0.487 e. The lowest BCUT2D eigenvalue weighted by Gasteiger charge is -2.38. The molecule has 0 bridgehead atoms. The summed E-state index contributed by atoms with van der Waals surface area (Å²) in [5.74, 6) is 0.866. The van der Waals surface area contributed by atoms with Gasteiger partial charge in [0.15, 0.2) is 0 Å². The van der Waals surface area contributed by atoms with E-state index in [1.54, 1.807) is 0 Å². The molecular formula is C18H28O2. The predicted molar refractivity (Wildman–Crippen MR) is 83.2 cm³/mol. The van der Waals surface area contributed by atoms with Crippen molar-refractivity contribution in [3.05, 3.63) is 29.3 Å². The van der Waals surface area contributed by atoms with E-state index >= 15 is 0 Å². The molecule has 1 N–H and O–H groups in total. The Morgan fingerprint density at radius 1 is 1.25 bits per heavy atom. The van der Waals surface area contributed by atoms with Gasteiger partial charge >= 0.3 is 0 Å². The summed E-state index contributed by atoms with van der Waals surface area (Å²) in [7, 11) is 0. The molecule has 112 valence electrons. The zero-order valence-electron chi connectivity index (χ0n) is 13.1. The minimum Gasteiger partial charge on any atom is -0.487 e. The second-order valence-corrected chi connectivity index (χ2v) is 6.48. The predicted octanol–water partition coefficient (Wildman–Crippen LogP) is 4.93. The van der Waals surface area contributed by atoms with Gasteiger partial charge in [-0.25, -0.2) is 0 Å². The quantitative estimate of drug-likeness (QED) is 0.746. The Morgan fingerprint density at radius 2 is 2.00 bits per heavy atom. The first-order valence-electron chi connectivity index (χ1n) is 8.02. The van der Waals surface area contributed by atoms with Crippen LogP contribution in [-0.2, 0) is 0 Å². The standard InChI is InChI=1S/C18H28O2/c1-4-5-6-7-8-11-18(3)13-16(19)15-12-14(2)9-10-17(15)20-18/h9-10,12,16,19H,4-8,11,13H2,1-3H3. The van der Waals surface area contributed by atoms with Crippen molar-refractivity contribution in [2.45, 2.75) is 77.4 Å². The second-order valence-electron chi connectivity index (χ2n) is 6.48. The first-order chi connectivity index (χ1) is 9.54. The van der Waals surface area contributed by atoms with Crippen LogP contribution >= 0.6 is 0 Å². The number of rotatable bonds is 6. The van der Waals surface area contributed by atoms with Crippen molar-refractivity contribution in [3.63, 3.8) is 0 Å². The number of ether oxygens (including phenoxy) is 1. The summed E-state index contributed by atoms with van der Waals surface area (Å²) < 4.78 is 6.19. The van der Waals surface area contributed by atoms with Crippen molar-refractivity contribution in [2.24, 2.45) is 0 Å². The van der Waals surface area contributed by atoms with Crippen LogP contribution in [0.4, 0.5) is 0 Å². The number of hydrogen-bond acceptors (Lipinski definition) is 2. The van der Waals surface area contributed by atoms with E-state index in [2.05, 4.69) is 26.8 Å². The fourth-order valence-corrected chi connectivity index (χ4v) is 3.10. The Morgan fingerprint density at radius 3 is 2.75 bits per heavy atom. The Bertz CT molecular complexity index is 441.